The van der Waals surface area contributed by atoms with Crippen molar-refractivity contribution >= 4 is 21.4 Å². The Morgan fingerprint density at radius 1 is 0.897 bits per heavy atom. The fourth-order valence-corrected chi connectivity index (χ4v) is 4.50. The molecule has 4 nitrogen and oxygen atoms in total. The fourth-order valence-electron chi connectivity index (χ4n) is 2.96. The minimum Gasteiger partial charge on any atom is -0.229 e. The highest BCUT2D eigenvalue weighted by molar-refractivity contribution is 7.91. The molecule has 1 aromatic heterocycles. The largest absolute Gasteiger partial charge is 0.229 e. The van der Waals surface area contributed by atoms with Crippen molar-refractivity contribution in [2.24, 2.45) is 0 Å². The molecule has 0 radical (unpaired) electrons. The van der Waals surface area contributed by atoms with Crippen molar-refractivity contribution in [3.63, 3.8) is 0 Å². The van der Waals surface area contributed by atoms with Crippen LogP contribution in [0.4, 0.5) is 8.78 Å². The van der Waals surface area contributed by atoms with E-state index in [4.69, 9.17) is 11.6 Å². The second-order valence-corrected chi connectivity index (χ2v) is 8.54. The molecule has 1 heterocycles. The Morgan fingerprint density at radius 3 is 2.24 bits per heavy atom. The molecule has 0 fully saturated rings. The Kier molecular flexibility index (Phi) is 4.94. The third kappa shape index (κ3) is 3.54. The van der Waals surface area contributed by atoms with Gasteiger partial charge in [-0.3, -0.25) is 0 Å². The van der Waals surface area contributed by atoms with Gasteiger partial charge in [0.1, 0.15) is 16.4 Å². The van der Waals surface area contributed by atoms with Gasteiger partial charge in [-0.15, -0.1) is 0 Å². The summed E-state index contributed by atoms with van der Waals surface area (Å²) in [5.41, 5.74) is 0.534. The van der Waals surface area contributed by atoms with Gasteiger partial charge in [0, 0.05) is 16.7 Å². The Balaban J connectivity index is 2.01. The molecule has 0 aliphatic rings. The van der Waals surface area contributed by atoms with Crippen molar-refractivity contribution in [2.45, 2.75) is 9.79 Å². The van der Waals surface area contributed by atoms with Crippen LogP contribution in [0, 0.1) is 11.6 Å². The molecule has 0 saturated carbocycles. The van der Waals surface area contributed by atoms with Gasteiger partial charge in [-0.25, -0.2) is 21.9 Å². The summed E-state index contributed by atoms with van der Waals surface area (Å²) in [6, 6.07) is 17.3. The molecular weight excluding hydrogens is 418 g/mol. The molecule has 0 saturated heterocycles. The summed E-state index contributed by atoms with van der Waals surface area (Å²) < 4.78 is 55.5. The Morgan fingerprint density at radius 2 is 1.59 bits per heavy atom. The van der Waals surface area contributed by atoms with E-state index >= 15 is 0 Å². The van der Waals surface area contributed by atoms with E-state index in [0.717, 1.165) is 16.9 Å². The van der Waals surface area contributed by atoms with Crippen LogP contribution < -0.4 is 0 Å². The maximum Gasteiger partial charge on any atom is 0.210 e. The summed E-state index contributed by atoms with van der Waals surface area (Å²) in [5, 5.41) is 4.57. The quantitative estimate of drug-likeness (QED) is 0.441. The molecular formula is C21H13ClF2N2O2S. The summed E-state index contributed by atoms with van der Waals surface area (Å²) in [7, 11) is -3.95. The van der Waals surface area contributed by atoms with Crippen molar-refractivity contribution < 1.29 is 17.2 Å². The average molecular weight is 431 g/mol. The number of hydrogen-bond donors (Lipinski definition) is 0. The number of benzene rings is 3. The van der Waals surface area contributed by atoms with Crippen LogP contribution in [0.3, 0.4) is 0 Å². The number of rotatable bonds is 4. The van der Waals surface area contributed by atoms with Crippen LogP contribution in [0.1, 0.15) is 0 Å². The standard InChI is InChI=1S/C21H13ClF2N2O2S/c22-15-8-6-14(7-9-15)21-20(29(27,28)17-4-2-1-3-5-17)13-25-26(21)19-11-10-16(23)12-18(19)24/h1-13H. The van der Waals surface area contributed by atoms with Crippen LogP contribution in [-0.2, 0) is 9.84 Å². The molecule has 0 aliphatic heterocycles. The highest BCUT2D eigenvalue weighted by Gasteiger charge is 2.27. The van der Waals surface area contributed by atoms with Crippen molar-refractivity contribution in [1.82, 2.24) is 9.78 Å². The predicted octanol–water partition coefficient (Wildman–Crippen LogP) is 5.30. The molecule has 0 N–H and O–H groups in total. The molecule has 0 aliphatic carbocycles. The van der Waals surface area contributed by atoms with Gasteiger partial charge < -0.3 is 0 Å². The topological polar surface area (TPSA) is 52.0 Å². The van der Waals surface area contributed by atoms with E-state index in [1.54, 1.807) is 42.5 Å². The van der Waals surface area contributed by atoms with Gasteiger partial charge in [-0.05, 0) is 36.4 Å². The first kappa shape index (κ1) is 19.3. The highest BCUT2D eigenvalue weighted by atomic mass is 35.5. The molecule has 8 heteroatoms. The Hall–Kier alpha value is -3.03. The summed E-state index contributed by atoms with van der Waals surface area (Å²) in [5.74, 6) is -1.62. The number of aromatic nitrogens is 2. The Bertz CT molecular complexity index is 1290. The first-order valence-electron chi connectivity index (χ1n) is 8.47. The van der Waals surface area contributed by atoms with Crippen LogP contribution in [0.5, 0.6) is 0 Å². The summed E-state index contributed by atoms with van der Waals surface area (Å²) in [6.45, 7) is 0. The van der Waals surface area contributed by atoms with Crippen LogP contribution in [0.25, 0.3) is 16.9 Å². The smallest absolute Gasteiger partial charge is 0.210 e. The molecule has 29 heavy (non-hydrogen) atoms. The number of halogens is 3. The number of sulfone groups is 1. The normalized spacial score (nSPS) is 11.6. The van der Waals surface area contributed by atoms with Crippen molar-refractivity contribution in [3.05, 3.63) is 95.7 Å². The molecule has 4 rings (SSSR count). The summed E-state index contributed by atoms with van der Waals surface area (Å²) >= 11 is 5.96. The molecule has 146 valence electrons. The highest BCUT2D eigenvalue weighted by Crippen LogP contribution is 2.34. The zero-order chi connectivity index (χ0) is 20.6. The minimum absolute atomic E-state index is 0.0779. The van der Waals surface area contributed by atoms with Crippen LogP contribution in [-0.4, -0.2) is 18.2 Å². The fraction of sp³-hybridized carbons (Fsp3) is 0. The third-order valence-electron chi connectivity index (χ3n) is 4.33. The lowest BCUT2D eigenvalue weighted by Crippen LogP contribution is -2.06. The monoisotopic (exact) mass is 430 g/mol. The molecule has 4 aromatic rings. The third-order valence-corrected chi connectivity index (χ3v) is 6.36. The van der Waals surface area contributed by atoms with E-state index in [0.29, 0.717) is 16.7 Å². The average Bonchev–Trinajstić information content (AvgIpc) is 3.15. The SMILES string of the molecule is O=S(=O)(c1ccccc1)c1cnn(-c2ccc(F)cc2F)c1-c1ccc(Cl)cc1. The van der Waals surface area contributed by atoms with E-state index < -0.39 is 21.5 Å². The van der Waals surface area contributed by atoms with E-state index in [2.05, 4.69) is 5.10 Å². The maximum absolute atomic E-state index is 14.5. The Labute approximate surface area is 170 Å². The van der Waals surface area contributed by atoms with Gasteiger partial charge >= 0.3 is 0 Å². The molecule has 0 spiro atoms. The van der Waals surface area contributed by atoms with Gasteiger partial charge in [0.2, 0.25) is 9.84 Å². The van der Waals surface area contributed by atoms with E-state index in [1.807, 2.05) is 0 Å². The van der Waals surface area contributed by atoms with Crippen molar-refractivity contribution in [3.8, 4) is 16.9 Å². The first-order valence-corrected chi connectivity index (χ1v) is 10.3. The molecule has 0 unspecified atom stereocenters. The lowest BCUT2D eigenvalue weighted by molar-refractivity contribution is 0.574. The second kappa shape index (κ2) is 7.42. The van der Waals surface area contributed by atoms with Gasteiger partial charge in [0.25, 0.3) is 0 Å². The zero-order valence-corrected chi connectivity index (χ0v) is 16.3. The van der Waals surface area contributed by atoms with Gasteiger partial charge in [-0.2, -0.15) is 5.10 Å². The van der Waals surface area contributed by atoms with E-state index in [1.165, 1.54) is 18.2 Å². The zero-order valence-electron chi connectivity index (χ0n) is 14.8. The molecule has 0 atom stereocenters. The number of hydrogen-bond acceptors (Lipinski definition) is 3. The van der Waals surface area contributed by atoms with E-state index in [-0.39, 0.29) is 21.2 Å². The molecule has 0 amide bonds. The molecule has 3 aromatic carbocycles. The van der Waals surface area contributed by atoms with Gasteiger partial charge in [-0.1, -0.05) is 41.9 Å². The van der Waals surface area contributed by atoms with Gasteiger partial charge in [0.15, 0.2) is 5.82 Å². The van der Waals surface area contributed by atoms with Gasteiger partial charge in [0.05, 0.1) is 16.8 Å². The second-order valence-electron chi connectivity index (χ2n) is 6.19. The lowest BCUT2D eigenvalue weighted by Gasteiger charge is -2.12. The maximum atomic E-state index is 14.5. The minimum atomic E-state index is -3.95. The van der Waals surface area contributed by atoms with E-state index in [9.17, 15) is 17.2 Å². The summed E-state index contributed by atoms with van der Waals surface area (Å²) in [6.07, 6.45) is 1.16. The molecule has 0 bridgehead atoms. The van der Waals surface area contributed by atoms with Crippen molar-refractivity contribution in [1.29, 1.82) is 0 Å². The van der Waals surface area contributed by atoms with Crippen molar-refractivity contribution in [2.75, 3.05) is 0 Å². The van der Waals surface area contributed by atoms with Crippen LogP contribution >= 0.6 is 11.6 Å². The lowest BCUT2D eigenvalue weighted by atomic mass is 10.1. The number of nitrogens with zero attached hydrogens (tertiary/aromatic N) is 2. The van der Waals surface area contributed by atoms with Crippen LogP contribution in [0.15, 0.2) is 88.8 Å². The summed E-state index contributed by atoms with van der Waals surface area (Å²) in [4.78, 5) is -0.0240. The first-order chi connectivity index (χ1) is 13.9. The van der Waals surface area contributed by atoms with Crippen LogP contribution in [0.2, 0.25) is 5.02 Å². The predicted molar refractivity (Wildman–Crippen MR) is 106 cm³/mol.